The summed E-state index contributed by atoms with van der Waals surface area (Å²) < 4.78 is 43.7. The van der Waals surface area contributed by atoms with Crippen LogP contribution in [-0.2, 0) is 17.4 Å². The Morgan fingerprint density at radius 1 is 1.21 bits per heavy atom. The zero-order valence-corrected chi connectivity index (χ0v) is 16.5. The van der Waals surface area contributed by atoms with Gasteiger partial charge in [-0.1, -0.05) is 30.0 Å². The van der Waals surface area contributed by atoms with E-state index >= 15 is 0 Å². The van der Waals surface area contributed by atoms with Crippen LogP contribution >= 0.6 is 11.8 Å². The largest absolute Gasteiger partial charge is 0.497 e. The Bertz CT molecular complexity index is 956. The van der Waals surface area contributed by atoms with Gasteiger partial charge in [-0.25, -0.2) is 0 Å². The number of hydrogen-bond donors (Lipinski definition) is 1. The van der Waals surface area contributed by atoms with Crippen molar-refractivity contribution in [1.82, 2.24) is 5.32 Å². The molecule has 1 fully saturated rings. The second kappa shape index (κ2) is 8.69. The standard InChI is InChI=1S/C20H18F3N3O2S/c1-12(14-6-8-16(28-2)9-7-14)25-26-19-24-18(27)17(29-19)11-13-4-3-5-15(10-13)20(21,22)23/h3-10,17H,11H2,1-2H3,(H,24,26,27)/b25-12-/t17-/m0/s1. The Hall–Kier alpha value is -2.81. The molecule has 0 aromatic heterocycles. The maximum absolute atomic E-state index is 12.9. The van der Waals surface area contributed by atoms with Gasteiger partial charge in [-0.2, -0.15) is 18.3 Å². The number of hydrogen-bond acceptors (Lipinski definition) is 5. The highest BCUT2D eigenvalue weighted by Crippen LogP contribution is 2.31. The first kappa shape index (κ1) is 20.9. The van der Waals surface area contributed by atoms with Crippen LogP contribution in [0.3, 0.4) is 0 Å². The first-order chi connectivity index (χ1) is 13.8. The van der Waals surface area contributed by atoms with E-state index in [0.717, 1.165) is 35.2 Å². The number of amides is 1. The minimum Gasteiger partial charge on any atom is -0.497 e. The number of thioether (sulfide) groups is 1. The molecule has 0 bridgehead atoms. The van der Waals surface area contributed by atoms with Gasteiger partial charge in [-0.15, -0.1) is 5.10 Å². The molecule has 0 saturated carbocycles. The zero-order valence-electron chi connectivity index (χ0n) is 15.7. The molecule has 1 amide bonds. The molecule has 152 valence electrons. The molecule has 0 radical (unpaired) electrons. The molecule has 0 aliphatic carbocycles. The average molecular weight is 421 g/mol. The lowest BCUT2D eigenvalue weighted by Crippen LogP contribution is -2.26. The van der Waals surface area contributed by atoms with E-state index in [1.165, 1.54) is 6.07 Å². The van der Waals surface area contributed by atoms with Crippen molar-refractivity contribution in [3.8, 4) is 5.75 Å². The van der Waals surface area contributed by atoms with Crippen molar-refractivity contribution >= 4 is 28.5 Å². The molecular formula is C20H18F3N3O2S. The van der Waals surface area contributed by atoms with Crippen molar-refractivity contribution in [2.75, 3.05) is 7.11 Å². The SMILES string of the molecule is COc1ccc(/C(C)=N\N=C2\NC(=O)[C@H](Cc3cccc(C(F)(F)F)c3)S2)cc1. The third-order valence-corrected chi connectivity index (χ3v) is 5.32. The van der Waals surface area contributed by atoms with Gasteiger partial charge in [0.2, 0.25) is 5.91 Å². The molecule has 1 aliphatic heterocycles. The number of carbonyl (C=O) groups is 1. The Labute approximate surface area is 170 Å². The minimum atomic E-state index is -4.42. The summed E-state index contributed by atoms with van der Waals surface area (Å²) in [6.07, 6.45) is -4.25. The molecule has 3 rings (SSSR count). The van der Waals surface area contributed by atoms with Gasteiger partial charge in [-0.05, 0) is 54.8 Å². The van der Waals surface area contributed by atoms with Crippen molar-refractivity contribution < 1.29 is 22.7 Å². The van der Waals surface area contributed by atoms with Crippen molar-refractivity contribution in [2.24, 2.45) is 10.2 Å². The number of halogens is 3. The number of carbonyl (C=O) groups excluding carboxylic acids is 1. The van der Waals surface area contributed by atoms with Crippen LogP contribution in [0, 0.1) is 0 Å². The highest BCUT2D eigenvalue weighted by atomic mass is 32.2. The number of alkyl halides is 3. The van der Waals surface area contributed by atoms with Crippen LogP contribution in [0.1, 0.15) is 23.6 Å². The van der Waals surface area contributed by atoms with E-state index in [1.807, 2.05) is 12.1 Å². The van der Waals surface area contributed by atoms with Gasteiger partial charge in [0.05, 0.1) is 23.6 Å². The Morgan fingerprint density at radius 3 is 2.59 bits per heavy atom. The number of ether oxygens (including phenoxy) is 1. The van der Waals surface area contributed by atoms with Gasteiger partial charge >= 0.3 is 6.18 Å². The average Bonchev–Trinajstić information content (AvgIpc) is 3.05. The van der Waals surface area contributed by atoms with Gasteiger partial charge in [-0.3, -0.25) is 4.79 Å². The quantitative estimate of drug-likeness (QED) is 0.579. The molecule has 2 aromatic carbocycles. The lowest BCUT2D eigenvalue weighted by molar-refractivity contribution is -0.137. The van der Waals surface area contributed by atoms with Crippen LogP contribution in [0.2, 0.25) is 0 Å². The Morgan fingerprint density at radius 2 is 1.93 bits per heavy atom. The summed E-state index contributed by atoms with van der Waals surface area (Å²) in [6, 6.07) is 12.3. The molecule has 0 unspecified atom stereocenters. The number of nitrogens with one attached hydrogen (secondary N) is 1. The zero-order chi connectivity index (χ0) is 21.0. The summed E-state index contributed by atoms with van der Waals surface area (Å²) in [6.45, 7) is 1.79. The molecule has 1 N–H and O–H groups in total. The molecule has 5 nitrogen and oxygen atoms in total. The van der Waals surface area contributed by atoms with Gasteiger partial charge in [0.25, 0.3) is 0 Å². The monoisotopic (exact) mass is 421 g/mol. The highest BCUT2D eigenvalue weighted by Gasteiger charge is 2.33. The Kier molecular flexibility index (Phi) is 6.26. The maximum atomic E-state index is 12.9. The third kappa shape index (κ3) is 5.38. The van der Waals surface area contributed by atoms with Gasteiger partial charge in [0, 0.05) is 0 Å². The van der Waals surface area contributed by atoms with Crippen LogP contribution < -0.4 is 10.1 Å². The minimum absolute atomic E-state index is 0.167. The van der Waals surface area contributed by atoms with Gasteiger partial charge in [0.1, 0.15) is 5.75 Å². The van der Waals surface area contributed by atoms with Crippen LogP contribution in [0.15, 0.2) is 58.7 Å². The first-order valence-electron chi connectivity index (χ1n) is 8.66. The topological polar surface area (TPSA) is 63.1 Å². The molecule has 1 saturated heterocycles. The number of nitrogens with zero attached hydrogens (tertiary/aromatic N) is 2. The van der Waals surface area contributed by atoms with E-state index in [-0.39, 0.29) is 12.3 Å². The number of methoxy groups -OCH3 is 1. The number of amidine groups is 1. The number of rotatable bonds is 5. The predicted octanol–water partition coefficient (Wildman–Crippen LogP) is 4.27. The fourth-order valence-corrected chi connectivity index (χ4v) is 3.64. The molecule has 1 atom stereocenters. The van der Waals surface area contributed by atoms with E-state index in [2.05, 4.69) is 15.5 Å². The summed E-state index contributed by atoms with van der Waals surface area (Å²) in [7, 11) is 1.58. The smallest absolute Gasteiger partial charge is 0.416 e. The van der Waals surface area contributed by atoms with E-state index in [9.17, 15) is 18.0 Å². The van der Waals surface area contributed by atoms with Crippen LogP contribution in [-0.4, -0.2) is 29.1 Å². The van der Waals surface area contributed by atoms with E-state index < -0.39 is 17.0 Å². The number of benzene rings is 2. The van der Waals surface area contributed by atoms with Crippen molar-refractivity contribution in [3.63, 3.8) is 0 Å². The maximum Gasteiger partial charge on any atom is 0.416 e. The van der Waals surface area contributed by atoms with Crippen LogP contribution in [0.25, 0.3) is 0 Å². The summed E-state index contributed by atoms with van der Waals surface area (Å²) in [5.41, 5.74) is 1.21. The molecule has 9 heteroatoms. The van der Waals surface area contributed by atoms with Crippen LogP contribution in [0.5, 0.6) is 5.75 Å². The molecule has 0 spiro atoms. The normalized spacial score (nSPS) is 18.8. The van der Waals surface area contributed by atoms with E-state index in [0.29, 0.717) is 16.4 Å². The first-order valence-corrected chi connectivity index (χ1v) is 9.54. The summed E-state index contributed by atoms with van der Waals surface area (Å²) in [4.78, 5) is 12.2. The van der Waals surface area contributed by atoms with E-state index in [4.69, 9.17) is 4.74 Å². The van der Waals surface area contributed by atoms with E-state index in [1.54, 1.807) is 32.2 Å². The fraction of sp³-hybridized carbons (Fsp3) is 0.250. The molecular weight excluding hydrogens is 403 g/mol. The molecule has 29 heavy (non-hydrogen) atoms. The summed E-state index contributed by atoms with van der Waals surface area (Å²) >= 11 is 1.15. The summed E-state index contributed by atoms with van der Waals surface area (Å²) in [5.74, 6) is 0.423. The second-order valence-corrected chi connectivity index (χ2v) is 7.51. The fourth-order valence-electron chi connectivity index (χ4n) is 2.69. The third-order valence-electron chi connectivity index (χ3n) is 4.25. The van der Waals surface area contributed by atoms with Gasteiger partial charge < -0.3 is 10.1 Å². The second-order valence-electron chi connectivity index (χ2n) is 6.32. The van der Waals surface area contributed by atoms with Crippen molar-refractivity contribution in [1.29, 1.82) is 0 Å². The molecule has 1 aliphatic rings. The van der Waals surface area contributed by atoms with Crippen LogP contribution in [0.4, 0.5) is 13.2 Å². The van der Waals surface area contributed by atoms with Crippen molar-refractivity contribution in [2.45, 2.75) is 24.8 Å². The van der Waals surface area contributed by atoms with Crippen molar-refractivity contribution in [3.05, 3.63) is 65.2 Å². The molecule has 2 aromatic rings. The highest BCUT2D eigenvalue weighted by molar-refractivity contribution is 8.15. The predicted molar refractivity (Wildman–Crippen MR) is 107 cm³/mol. The lowest BCUT2D eigenvalue weighted by atomic mass is 10.1. The summed E-state index contributed by atoms with van der Waals surface area (Å²) in [5, 5.41) is 10.6. The lowest BCUT2D eigenvalue weighted by Gasteiger charge is -2.10. The van der Waals surface area contributed by atoms with Gasteiger partial charge in [0.15, 0.2) is 5.17 Å². The molecule has 1 heterocycles. The Balaban J connectivity index is 1.68.